The fourth-order valence-electron chi connectivity index (χ4n) is 5.70. The molecule has 2 aliphatic heterocycles. The van der Waals surface area contributed by atoms with Gasteiger partial charge in [0.05, 0.1) is 6.04 Å². The van der Waals surface area contributed by atoms with Crippen molar-refractivity contribution in [2.24, 2.45) is 0 Å². The molecule has 0 N–H and O–H groups in total. The van der Waals surface area contributed by atoms with Crippen LogP contribution in [0.4, 0.5) is 0 Å². The number of likely N-dealkylation sites (N-methyl/N-ethyl adjacent to an activating group) is 1. The van der Waals surface area contributed by atoms with Crippen molar-refractivity contribution in [1.82, 2.24) is 14.7 Å². The number of hydrogen-bond acceptors (Lipinski definition) is 4. The standard InChI is InChI=1S/C30H41Cl2N3O2/c1-4-26(34-15-5-6-16-34)21-37-29-20-25(32)11-12-27(29)23-13-17-35(18-14-23)30(36)28(33(2)3)19-22-7-9-24(31)10-8-22/h7-12,20,23,26,28H,4-6,13-19,21H2,1-3H3/t26-,28+/m0/s1. The summed E-state index contributed by atoms with van der Waals surface area (Å²) in [6, 6.07) is 14.1. The first-order chi connectivity index (χ1) is 17.9. The van der Waals surface area contributed by atoms with E-state index in [1.165, 1.54) is 31.5 Å². The first-order valence-electron chi connectivity index (χ1n) is 13.7. The Morgan fingerprint density at radius 1 is 1.00 bits per heavy atom. The van der Waals surface area contributed by atoms with Crippen LogP contribution >= 0.6 is 23.2 Å². The minimum atomic E-state index is -0.191. The molecule has 37 heavy (non-hydrogen) atoms. The van der Waals surface area contributed by atoms with Crippen LogP contribution in [-0.4, -0.2) is 79.6 Å². The van der Waals surface area contributed by atoms with Crippen LogP contribution in [0.5, 0.6) is 5.75 Å². The molecule has 0 aliphatic carbocycles. The van der Waals surface area contributed by atoms with Crippen LogP contribution in [-0.2, 0) is 11.2 Å². The van der Waals surface area contributed by atoms with Gasteiger partial charge in [0.2, 0.25) is 5.91 Å². The normalized spacial score (nSPS) is 18.8. The molecule has 2 aromatic rings. The minimum absolute atomic E-state index is 0.191. The van der Waals surface area contributed by atoms with Gasteiger partial charge >= 0.3 is 0 Å². The Labute approximate surface area is 232 Å². The summed E-state index contributed by atoms with van der Waals surface area (Å²) < 4.78 is 6.43. The number of nitrogens with zero attached hydrogens (tertiary/aromatic N) is 3. The lowest BCUT2D eigenvalue weighted by molar-refractivity contribution is -0.137. The number of carbonyl (C=O) groups excluding carboxylic acids is 1. The van der Waals surface area contributed by atoms with Crippen molar-refractivity contribution in [1.29, 1.82) is 0 Å². The molecular weight excluding hydrogens is 505 g/mol. The summed E-state index contributed by atoms with van der Waals surface area (Å²) in [6.45, 7) is 6.78. The maximum atomic E-state index is 13.5. The zero-order chi connectivity index (χ0) is 26.4. The molecule has 0 saturated carbocycles. The molecule has 0 spiro atoms. The topological polar surface area (TPSA) is 36.0 Å². The number of piperidine rings is 1. The van der Waals surface area contributed by atoms with Crippen LogP contribution in [0.3, 0.4) is 0 Å². The maximum absolute atomic E-state index is 13.5. The maximum Gasteiger partial charge on any atom is 0.240 e. The molecule has 0 unspecified atom stereocenters. The van der Waals surface area contributed by atoms with Gasteiger partial charge in [-0.25, -0.2) is 0 Å². The van der Waals surface area contributed by atoms with Gasteiger partial charge in [0.25, 0.3) is 0 Å². The molecule has 2 heterocycles. The van der Waals surface area contributed by atoms with Crippen LogP contribution in [0, 0.1) is 0 Å². The molecule has 5 nitrogen and oxygen atoms in total. The Hall–Kier alpha value is -1.79. The summed E-state index contributed by atoms with van der Waals surface area (Å²) >= 11 is 12.4. The molecule has 0 bridgehead atoms. The van der Waals surface area contributed by atoms with Crippen LogP contribution in [0.1, 0.15) is 56.1 Å². The number of carbonyl (C=O) groups is 1. The summed E-state index contributed by atoms with van der Waals surface area (Å²) in [4.78, 5) is 20.1. The second-order valence-electron chi connectivity index (χ2n) is 10.7. The van der Waals surface area contributed by atoms with Gasteiger partial charge in [-0.15, -0.1) is 0 Å². The van der Waals surface area contributed by atoms with E-state index in [4.69, 9.17) is 27.9 Å². The van der Waals surface area contributed by atoms with Crippen molar-refractivity contribution in [3.63, 3.8) is 0 Å². The molecular formula is C30H41Cl2N3O2. The van der Waals surface area contributed by atoms with Gasteiger partial charge < -0.3 is 9.64 Å². The predicted octanol–water partition coefficient (Wildman–Crippen LogP) is 6.13. The van der Waals surface area contributed by atoms with Gasteiger partial charge in [-0.1, -0.05) is 48.3 Å². The van der Waals surface area contributed by atoms with E-state index < -0.39 is 0 Å². The van der Waals surface area contributed by atoms with Crippen molar-refractivity contribution in [2.45, 2.75) is 63.5 Å². The smallest absolute Gasteiger partial charge is 0.240 e. The van der Waals surface area contributed by atoms with Gasteiger partial charge in [0, 0.05) is 29.2 Å². The molecule has 202 valence electrons. The summed E-state index contributed by atoms with van der Waals surface area (Å²) in [5.74, 6) is 1.46. The van der Waals surface area contributed by atoms with Crippen LogP contribution in [0.2, 0.25) is 10.0 Å². The lowest BCUT2D eigenvalue weighted by atomic mass is 9.88. The van der Waals surface area contributed by atoms with Gasteiger partial charge in [0.1, 0.15) is 12.4 Å². The Morgan fingerprint density at radius 3 is 2.27 bits per heavy atom. The lowest BCUT2D eigenvalue weighted by Gasteiger charge is -2.36. The van der Waals surface area contributed by atoms with Gasteiger partial charge in [-0.2, -0.15) is 0 Å². The Kier molecular flexibility index (Phi) is 10.2. The van der Waals surface area contributed by atoms with E-state index in [1.54, 1.807) is 0 Å². The first-order valence-corrected chi connectivity index (χ1v) is 14.5. The average molecular weight is 547 g/mol. The Morgan fingerprint density at radius 2 is 1.65 bits per heavy atom. The highest BCUT2D eigenvalue weighted by Crippen LogP contribution is 2.36. The zero-order valence-electron chi connectivity index (χ0n) is 22.5. The second-order valence-corrected chi connectivity index (χ2v) is 11.6. The molecule has 2 aliphatic rings. The van der Waals surface area contributed by atoms with Crippen molar-refractivity contribution in [2.75, 3.05) is 46.9 Å². The van der Waals surface area contributed by atoms with Crippen molar-refractivity contribution < 1.29 is 9.53 Å². The van der Waals surface area contributed by atoms with Gasteiger partial charge in [-0.05, 0) is 107 Å². The molecule has 0 aromatic heterocycles. The van der Waals surface area contributed by atoms with Crippen molar-refractivity contribution in [3.05, 3.63) is 63.6 Å². The molecule has 2 fully saturated rings. The molecule has 2 atom stereocenters. The highest BCUT2D eigenvalue weighted by molar-refractivity contribution is 6.30. The number of ether oxygens (including phenoxy) is 1. The highest BCUT2D eigenvalue weighted by atomic mass is 35.5. The van der Waals surface area contributed by atoms with E-state index in [2.05, 4.69) is 17.9 Å². The summed E-state index contributed by atoms with van der Waals surface area (Å²) in [5, 5.41) is 1.42. The predicted molar refractivity (Wildman–Crippen MR) is 153 cm³/mol. The number of rotatable bonds is 10. The third-order valence-corrected chi connectivity index (χ3v) is 8.52. The number of likely N-dealkylation sites (tertiary alicyclic amines) is 2. The third kappa shape index (κ3) is 7.41. The number of benzene rings is 2. The van der Waals surface area contributed by atoms with Gasteiger partial charge in [0.15, 0.2) is 0 Å². The highest BCUT2D eigenvalue weighted by Gasteiger charge is 2.31. The second kappa shape index (κ2) is 13.3. The van der Waals surface area contributed by atoms with Crippen LogP contribution in [0.15, 0.2) is 42.5 Å². The first kappa shape index (κ1) is 28.2. The third-order valence-electron chi connectivity index (χ3n) is 8.03. The van der Waals surface area contributed by atoms with E-state index in [9.17, 15) is 4.79 Å². The fraction of sp³-hybridized carbons (Fsp3) is 0.567. The summed E-state index contributed by atoms with van der Waals surface area (Å²) in [5.41, 5.74) is 2.34. The average Bonchev–Trinajstić information content (AvgIpc) is 3.43. The molecule has 2 saturated heterocycles. The van der Waals surface area contributed by atoms with E-state index in [1.807, 2.05) is 60.3 Å². The van der Waals surface area contributed by atoms with Crippen molar-refractivity contribution in [3.8, 4) is 5.75 Å². The number of hydrogen-bond donors (Lipinski definition) is 0. The zero-order valence-corrected chi connectivity index (χ0v) is 24.0. The summed E-state index contributed by atoms with van der Waals surface area (Å²) in [6.07, 6.45) is 6.17. The Balaban J connectivity index is 1.38. The number of amides is 1. The number of halogens is 2. The molecule has 0 radical (unpaired) electrons. The van der Waals surface area contributed by atoms with E-state index in [0.29, 0.717) is 35.0 Å². The van der Waals surface area contributed by atoms with Crippen LogP contribution < -0.4 is 4.74 Å². The lowest BCUT2D eigenvalue weighted by Crippen LogP contribution is -2.49. The van der Waals surface area contributed by atoms with Crippen LogP contribution in [0.25, 0.3) is 0 Å². The molecule has 7 heteroatoms. The fourth-order valence-corrected chi connectivity index (χ4v) is 5.99. The SMILES string of the molecule is CC[C@@H](COc1cc(Cl)ccc1C1CCN(C(=O)[C@@H](Cc2ccc(Cl)cc2)N(C)C)CC1)N1CCCC1. The largest absolute Gasteiger partial charge is 0.492 e. The van der Waals surface area contributed by atoms with Crippen molar-refractivity contribution >= 4 is 29.1 Å². The van der Waals surface area contributed by atoms with E-state index in [0.717, 1.165) is 43.7 Å². The monoisotopic (exact) mass is 545 g/mol. The molecule has 2 aromatic carbocycles. The quantitative estimate of drug-likeness (QED) is 0.360. The molecule has 1 amide bonds. The van der Waals surface area contributed by atoms with E-state index in [-0.39, 0.29) is 11.9 Å². The molecule has 4 rings (SSSR count). The van der Waals surface area contributed by atoms with E-state index >= 15 is 0 Å². The Bertz CT molecular complexity index is 1020. The summed E-state index contributed by atoms with van der Waals surface area (Å²) in [7, 11) is 3.96. The van der Waals surface area contributed by atoms with Gasteiger partial charge in [-0.3, -0.25) is 14.6 Å². The minimum Gasteiger partial charge on any atom is -0.492 e.